The lowest BCUT2D eigenvalue weighted by atomic mass is 9.89. The average molecular weight is 855 g/mol. The SMILES string of the molecule is C=C(C1CC[N+](CC(=O)O)(CC2CNC2)CC1)N1CCN(C(=O)c2ccc(NC(=O)c3ncc(-c4cn(-c5ccc(NCCO)cn5)nc4C(F)(F)F)n3C)cc2Cl)CC1. The highest BCUT2D eigenvalue weighted by Crippen LogP contribution is 2.37. The number of nitrogens with zero attached hydrogens (tertiary/aromatic N) is 8. The third-order valence-corrected chi connectivity index (χ3v) is 12.0. The van der Waals surface area contributed by atoms with E-state index in [1.165, 1.54) is 42.1 Å². The normalized spacial score (nSPS) is 19.8. The van der Waals surface area contributed by atoms with Crippen molar-refractivity contribution in [3.8, 4) is 17.1 Å². The molecule has 3 saturated heterocycles. The summed E-state index contributed by atoms with van der Waals surface area (Å²) in [7, 11) is 1.41. The largest absolute Gasteiger partial charge is 0.477 e. The zero-order chi connectivity index (χ0) is 42.8. The number of likely N-dealkylation sites (tertiary alicyclic amines) is 1. The molecule has 60 heavy (non-hydrogen) atoms. The third kappa shape index (κ3) is 9.28. The van der Waals surface area contributed by atoms with Gasteiger partial charge in [-0.05, 0) is 30.3 Å². The van der Waals surface area contributed by atoms with Gasteiger partial charge in [0.05, 0.1) is 66.2 Å². The van der Waals surface area contributed by atoms with Crippen LogP contribution >= 0.6 is 11.6 Å². The number of carboxylic acid groups (broad SMARTS) is 1. The standard InChI is InChI=1S/C40H47ClF3N11O5/c1-25(27-7-14-55(15-8-27,24-35(57)58)23-26-18-45-19-26)52-10-12-53(13-11-52)39(60)30-5-3-28(17-32(30)41)49-38(59)37-48-21-33(51(37)2)31-22-54(50-36(31)40(42,43)44)34-6-4-29(20-47-34)46-9-16-56/h3-6,17,20-22,26-27,45-46,56H,1,7-16,18-19,23-24H2,2H3,(H-,49,57,58,59,60)/p+1. The molecule has 16 nitrogen and oxygen atoms in total. The maximum Gasteiger partial charge on any atom is 0.435 e. The van der Waals surface area contributed by atoms with Gasteiger partial charge < -0.3 is 45.0 Å². The first kappa shape index (κ1) is 42.6. The highest BCUT2D eigenvalue weighted by atomic mass is 35.5. The number of rotatable bonds is 14. The van der Waals surface area contributed by atoms with Crippen molar-refractivity contribution < 1.29 is 42.3 Å². The smallest absolute Gasteiger partial charge is 0.435 e. The molecule has 3 aromatic heterocycles. The molecule has 5 N–H and O–H groups in total. The summed E-state index contributed by atoms with van der Waals surface area (Å²) in [6.45, 7) is 11.2. The van der Waals surface area contributed by atoms with E-state index >= 15 is 0 Å². The average Bonchev–Trinajstić information content (AvgIpc) is 3.83. The Labute approximate surface area is 349 Å². The number of pyridine rings is 1. The van der Waals surface area contributed by atoms with Crippen LogP contribution in [-0.2, 0) is 18.0 Å². The minimum atomic E-state index is -4.84. The van der Waals surface area contributed by atoms with Crippen LogP contribution in [0.25, 0.3) is 17.1 Å². The Morgan fingerprint density at radius 1 is 1.02 bits per heavy atom. The van der Waals surface area contributed by atoms with Crippen molar-refractivity contribution in [2.45, 2.75) is 19.0 Å². The Bertz CT molecular complexity index is 2230. The van der Waals surface area contributed by atoms with Crippen LogP contribution in [0.1, 0.15) is 39.5 Å². The molecule has 4 aromatic rings. The number of aliphatic hydroxyl groups excluding tert-OH is 1. The van der Waals surface area contributed by atoms with E-state index in [1.807, 2.05) is 0 Å². The molecule has 0 radical (unpaired) electrons. The van der Waals surface area contributed by atoms with Gasteiger partial charge in [-0.1, -0.05) is 18.2 Å². The monoisotopic (exact) mass is 854 g/mol. The second-order valence-electron chi connectivity index (χ2n) is 15.7. The first-order chi connectivity index (χ1) is 28.6. The number of aliphatic carboxylic acids is 1. The van der Waals surface area contributed by atoms with Crippen molar-refractivity contribution in [1.82, 2.24) is 39.4 Å². The number of anilines is 2. The summed E-state index contributed by atoms with van der Waals surface area (Å²) in [5.74, 6) is -1.04. The van der Waals surface area contributed by atoms with Crippen molar-refractivity contribution in [3.63, 3.8) is 0 Å². The van der Waals surface area contributed by atoms with Crippen LogP contribution in [0.5, 0.6) is 0 Å². The number of nitrogens with one attached hydrogen (secondary N) is 3. The highest BCUT2D eigenvalue weighted by Gasteiger charge is 2.41. The molecule has 3 aliphatic rings. The number of alkyl halides is 3. The van der Waals surface area contributed by atoms with E-state index in [0.717, 1.165) is 68.3 Å². The van der Waals surface area contributed by atoms with Crippen LogP contribution in [-0.4, -0.2) is 145 Å². The Balaban J connectivity index is 0.954. The number of piperazine rings is 1. The number of piperidine rings is 1. The molecule has 0 aliphatic carbocycles. The molecule has 2 amide bonds. The molecule has 7 rings (SSSR count). The molecule has 0 spiro atoms. The molecular weight excluding hydrogens is 807 g/mol. The summed E-state index contributed by atoms with van der Waals surface area (Å²) in [5, 5.41) is 31.4. The lowest BCUT2D eigenvalue weighted by Crippen LogP contribution is -2.62. The second kappa shape index (κ2) is 17.6. The summed E-state index contributed by atoms with van der Waals surface area (Å²) < 4.78 is 45.5. The fraction of sp³-hybridized carbons (Fsp3) is 0.450. The zero-order valence-electron chi connectivity index (χ0n) is 33.1. The topological polar surface area (TPSA) is 183 Å². The number of halogens is 4. The lowest BCUT2D eigenvalue weighted by molar-refractivity contribution is -0.930. The minimum absolute atomic E-state index is 0.0180. The van der Waals surface area contributed by atoms with Crippen LogP contribution in [0.4, 0.5) is 24.5 Å². The van der Waals surface area contributed by atoms with Crippen LogP contribution in [0, 0.1) is 11.8 Å². The lowest BCUT2D eigenvalue weighted by Gasteiger charge is -2.47. The van der Waals surface area contributed by atoms with Gasteiger partial charge in [0.2, 0.25) is 0 Å². The summed E-state index contributed by atoms with van der Waals surface area (Å²) >= 11 is 6.59. The van der Waals surface area contributed by atoms with Gasteiger partial charge in [0.25, 0.3) is 11.8 Å². The van der Waals surface area contributed by atoms with Crippen LogP contribution in [0.15, 0.2) is 61.2 Å². The number of quaternary nitrogens is 1. The number of benzene rings is 1. The number of aromatic nitrogens is 5. The van der Waals surface area contributed by atoms with Crippen molar-refractivity contribution >= 4 is 40.8 Å². The van der Waals surface area contributed by atoms with Gasteiger partial charge in [0.15, 0.2) is 23.9 Å². The predicted molar refractivity (Wildman–Crippen MR) is 217 cm³/mol. The maximum absolute atomic E-state index is 14.2. The van der Waals surface area contributed by atoms with Crippen molar-refractivity contribution in [2.75, 3.05) is 89.2 Å². The fourth-order valence-electron chi connectivity index (χ4n) is 8.33. The van der Waals surface area contributed by atoms with Gasteiger partial charge in [-0.3, -0.25) is 9.59 Å². The van der Waals surface area contributed by atoms with Crippen LogP contribution in [0.2, 0.25) is 5.02 Å². The van der Waals surface area contributed by atoms with Gasteiger partial charge in [-0.15, -0.1) is 0 Å². The first-order valence-corrected chi connectivity index (χ1v) is 20.1. The summed E-state index contributed by atoms with van der Waals surface area (Å²) in [4.78, 5) is 50.9. The minimum Gasteiger partial charge on any atom is -0.477 e. The Morgan fingerprint density at radius 2 is 1.72 bits per heavy atom. The second-order valence-corrected chi connectivity index (χ2v) is 16.1. The number of aliphatic hydroxyl groups is 1. The number of allylic oxidation sites excluding steroid dienone is 1. The molecule has 3 aliphatic heterocycles. The van der Waals surface area contributed by atoms with E-state index in [9.17, 15) is 32.7 Å². The molecule has 20 heteroatoms. The van der Waals surface area contributed by atoms with Crippen molar-refractivity contribution in [3.05, 3.63) is 83.3 Å². The van der Waals surface area contributed by atoms with Gasteiger partial charge in [-0.25, -0.2) is 19.4 Å². The molecule has 0 saturated carbocycles. The third-order valence-electron chi connectivity index (χ3n) is 11.7. The zero-order valence-corrected chi connectivity index (χ0v) is 33.8. The number of carbonyl (C=O) groups is 3. The predicted octanol–water partition coefficient (Wildman–Crippen LogP) is 3.80. The molecule has 1 aromatic carbocycles. The quantitative estimate of drug-likeness (QED) is 0.116. The van der Waals surface area contributed by atoms with Crippen molar-refractivity contribution in [2.24, 2.45) is 18.9 Å². The van der Waals surface area contributed by atoms with E-state index in [0.29, 0.717) is 42.3 Å². The number of carbonyl (C=O) groups excluding carboxylic acids is 2. The van der Waals surface area contributed by atoms with E-state index in [4.69, 9.17) is 16.7 Å². The van der Waals surface area contributed by atoms with Gasteiger partial charge >= 0.3 is 12.1 Å². The number of hydrogen-bond acceptors (Lipinski definition) is 10. The molecule has 3 fully saturated rings. The van der Waals surface area contributed by atoms with E-state index in [-0.39, 0.29) is 70.7 Å². The number of amides is 2. The van der Waals surface area contributed by atoms with Crippen molar-refractivity contribution in [1.29, 1.82) is 0 Å². The summed E-state index contributed by atoms with van der Waals surface area (Å²) in [5.41, 5.74) is 0.571. The first-order valence-electron chi connectivity index (χ1n) is 19.8. The summed E-state index contributed by atoms with van der Waals surface area (Å²) in [6, 6.07) is 7.55. The van der Waals surface area contributed by atoms with Gasteiger partial charge in [0.1, 0.15) is 0 Å². The molecule has 0 unspecified atom stereocenters. The van der Waals surface area contributed by atoms with E-state index in [1.54, 1.807) is 11.0 Å². The van der Waals surface area contributed by atoms with Crippen LogP contribution in [0.3, 0.4) is 0 Å². The van der Waals surface area contributed by atoms with E-state index < -0.39 is 23.7 Å². The maximum atomic E-state index is 14.2. The van der Waals surface area contributed by atoms with Gasteiger partial charge in [-0.2, -0.15) is 18.3 Å². The molecule has 0 bridgehead atoms. The van der Waals surface area contributed by atoms with E-state index in [2.05, 4.69) is 42.5 Å². The molecule has 320 valence electrons. The molecular formula is C40H48ClF3N11O5+. The molecule has 6 heterocycles. The Morgan fingerprint density at radius 3 is 2.32 bits per heavy atom. The van der Waals surface area contributed by atoms with Crippen LogP contribution < -0.4 is 16.0 Å². The number of hydrogen-bond donors (Lipinski definition) is 5. The number of carboxylic acids is 1. The van der Waals surface area contributed by atoms with Gasteiger partial charge in [0, 0.05) is 95.1 Å². The summed E-state index contributed by atoms with van der Waals surface area (Å²) in [6.07, 6.45) is 0.627. The Kier molecular flexibility index (Phi) is 12.5. The fourth-order valence-corrected chi connectivity index (χ4v) is 8.59. The Hall–Kier alpha value is -5.50. The number of imidazole rings is 1. The highest BCUT2D eigenvalue weighted by molar-refractivity contribution is 6.34. The molecule has 0 atom stereocenters.